The molecule has 2 unspecified atom stereocenters. The van der Waals surface area contributed by atoms with Crippen molar-refractivity contribution in [2.24, 2.45) is 5.92 Å². The van der Waals surface area contributed by atoms with E-state index >= 15 is 0 Å². The molecule has 3 aliphatic heterocycles. The van der Waals surface area contributed by atoms with E-state index < -0.39 is 23.8 Å². The van der Waals surface area contributed by atoms with Crippen LogP contribution in [0, 0.1) is 5.92 Å². The van der Waals surface area contributed by atoms with E-state index in [1.54, 1.807) is 18.2 Å². The maximum absolute atomic E-state index is 12.7. The van der Waals surface area contributed by atoms with Crippen molar-refractivity contribution in [1.82, 2.24) is 15.5 Å². The number of piperidine rings is 1. The summed E-state index contributed by atoms with van der Waals surface area (Å²) in [6.07, 6.45) is 1.39. The predicted octanol–water partition coefficient (Wildman–Crippen LogP) is 0.109. The molecule has 0 spiro atoms. The zero-order valence-corrected chi connectivity index (χ0v) is 14.2. The molecule has 8 nitrogen and oxygen atoms in total. The molecule has 2 atom stereocenters. The molecule has 0 bridgehead atoms. The van der Waals surface area contributed by atoms with Crippen LogP contribution < -0.4 is 16.0 Å². The van der Waals surface area contributed by atoms with Gasteiger partial charge in [0.05, 0.1) is 11.1 Å². The molecule has 0 aliphatic carbocycles. The monoisotopic (exact) mass is 356 g/mol. The first-order valence-corrected chi connectivity index (χ1v) is 8.85. The summed E-state index contributed by atoms with van der Waals surface area (Å²) in [7, 11) is 0. The molecule has 2 saturated heterocycles. The Bertz CT molecular complexity index is 800. The summed E-state index contributed by atoms with van der Waals surface area (Å²) in [5.74, 6) is -1.39. The normalized spacial score (nSPS) is 25.5. The quantitative estimate of drug-likeness (QED) is 0.661. The molecule has 1 aromatic carbocycles. The number of imide groups is 2. The number of fused-ring (bicyclic) bond motifs is 1. The number of hydrogen-bond donors (Lipinski definition) is 3. The van der Waals surface area contributed by atoms with Crippen LogP contribution in [0.2, 0.25) is 0 Å². The molecule has 26 heavy (non-hydrogen) atoms. The molecule has 4 rings (SSSR count). The molecule has 0 saturated carbocycles. The van der Waals surface area contributed by atoms with Crippen LogP contribution in [0.4, 0.5) is 5.69 Å². The van der Waals surface area contributed by atoms with E-state index in [0.29, 0.717) is 17.0 Å². The fourth-order valence-corrected chi connectivity index (χ4v) is 3.73. The Kier molecular flexibility index (Phi) is 4.20. The molecule has 3 aliphatic rings. The summed E-state index contributed by atoms with van der Waals surface area (Å²) < 4.78 is 0. The third-order valence-electron chi connectivity index (χ3n) is 5.20. The zero-order chi connectivity index (χ0) is 18.3. The summed E-state index contributed by atoms with van der Waals surface area (Å²) in [5.41, 5.74) is 1.38. The van der Waals surface area contributed by atoms with Crippen molar-refractivity contribution in [2.75, 3.05) is 25.0 Å². The Morgan fingerprint density at radius 1 is 1.08 bits per heavy atom. The fourth-order valence-electron chi connectivity index (χ4n) is 3.73. The van der Waals surface area contributed by atoms with E-state index in [1.807, 2.05) is 0 Å². The first-order chi connectivity index (χ1) is 12.5. The van der Waals surface area contributed by atoms with Crippen LogP contribution in [0.3, 0.4) is 0 Å². The first-order valence-electron chi connectivity index (χ1n) is 8.85. The van der Waals surface area contributed by atoms with Gasteiger partial charge < -0.3 is 10.6 Å². The number of nitrogens with one attached hydrogen (secondary N) is 3. The van der Waals surface area contributed by atoms with Crippen LogP contribution in [0.1, 0.15) is 40.0 Å². The van der Waals surface area contributed by atoms with Gasteiger partial charge in [0.2, 0.25) is 11.8 Å². The Morgan fingerprint density at radius 3 is 2.62 bits per heavy atom. The Hall–Kier alpha value is -2.74. The lowest BCUT2D eigenvalue weighted by atomic mass is 10.0. The van der Waals surface area contributed by atoms with E-state index in [1.165, 1.54) is 0 Å². The minimum Gasteiger partial charge on any atom is -0.385 e. The van der Waals surface area contributed by atoms with Gasteiger partial charge in [0.25, 0.3) is 11.8 Å². The van der Waals surface area contributed by atoms with Crippen molar-refractivity contribution in [3.05, 3.63) is 29.3 Å². The molecule has 2 fully saturated rings. The van der Waals surface area contributed by atoms with E-state index in [2.05, 4.69) is 16.0 Å². The Morgan fingerprint density at radius 2 is 1.88 bits per heavy atom. The van der Waals surface area contributed by atoms with Crippen LogP contribution in [0.15, 0.2) is 18.2 Å². The number of rotatable bonds is 4. The fraction of sp³-hybridized carbons (Fsp3) is 0.444. The summed E-state index contributed by atoms with van der Waals surface area (Å²) >= 11 is 0. The van der Waals surface area contributed by atoms with Crippen LogP contribution in [0.5, 0.6) is 0 Å². The zero-order valence-electron chi connectivity index (χ0n) is 14.2. The molecular weight excluding hydrogens is 336 g/mol. The van der Waals surface area contributed by atoms with Gasteiger partial charge in [0.15, 0.2) is 0 Å². The molecular formula is C18H20N4O4. The van der Waals surface area contributed by atoms with Crippen molar-refractivity contribution in [2.45, 2.75) is 25.3 Å². The van der Waals surface area contributed by atoms with Crippen molar-refractivity contribution >= 4 is 29.3 Å². The topological polar surface area (TPSA) is 108 Å². The van der Waals surface area contributed by atoms with Crippen LogP contribution >= 0.6 is 0 Å². The maximum atomic E-state index is 12.7. The highest BCUT2D eigenvalue weighted by Gasteiger charge is 2.44. The Balaban J connectivity index is 1.52. The molecule has 0 aromatic heterocycles. The van der Waals surface area contributed by atoms with Crippen molar-refractivity contribution in [3.63, 3.8) is 0 Å². The first kappa shape index (κ1) is 16.7. The van der Waals surface area contributed by atoms with Gasteiger partial charge in [-0.05, 0) is 50.0 Å². The van der Waals surface area contributed by atoms with Crippen molar-refractivity contribution < 1.29 is 19.2 Å². The van der Waals surface area contributed by atoms with Crippen LogP contribution in [-0.4, -0.2) is 54.2 Å². The van der Waals surface area contributed by atoms with E-state index in [9.17, 15) is 19.2 Å². The maximum Gasteiger partial charge on any atom is 0.262 e. The third-order valence-corrected chi connectivity index (χ3v) is 5.20. The summed E-state index contributed by atoms with van der Waals surface area (Å²) in [5, 5.41) is 8.81. The van der Waals surface area contributed by atoms with Gasteiger partial charge in [-0.3, -0.25) is 29.4 Å². The van der Waals surface area contributed by atoms with E-state index in [-0.39, 0.29) is 18.7 Å². The van der Waals surface area contributed by atoms with Gasteiger partial charge in [-0.25, -0.2) is 0 Å². The second kappa shape index (κ2) is 6.53. The van der Waals surface area contributed by atoms with Gasteiger partial charge in [0, 0.05) is 18.7 Å². The summed E-state index contributed by atoms with van der Waals surface area (Å²) in [6, 6.07) is 4.14. The van der Waals surface area contributed by atoms with Crippen LogP contribution in [0.25, 0.3) is 0 Å². The molecule has 136 valence electrons. The highest BCUT2D eigenvalue weighted by Crippen LogP contribution is 2.29. The number of carbonyl (C=O) groups is 4. The summed E-state index contributed by atoms with van der Waals surface area (Å²) in [4.78, 5) is 49.7. The minimum absolute atomic E-state index is 0.117. The van der Waals surface area contributed by atoms with Gasteiger partial charge in [-0.15, -0.1) is 0 Å². The summed E-state index contributed by atoms with van der Waals surface area (Å²) in [6.45, 7) is 2.79. The highest BCUT2D eigenvalue weighted by molar-refractivity contribution is 6.23. The van der Waals surface area contributed by atoms with E-state index in [4.69, 9.17) is 0 Å². The number of carbonyl (C=O) groups excluding carboxylic acids is 4. The van der Waals surface area contributed by atoms with E-state index in [0.717, 1.165) is 36.6 Å². The molecule has 3 heterocycles. The van der Waals surface area contributed by atoms with Gasteiger partial charge >= 0.3 is 0 Å². The standard InChI is InChI=1S/C18H20N4O4/c23-15-4-3-14(16(24)21-15)22-17(25)12-2-1-11(7-13(12)18(22)26)20-9-10-5-6-19-8-10/h1-2,7,10,14,19-20H,3-6,8-9H2,(H,21,23,24). The second-order valence-electron chi connectivity index (χ2n) is 6.95. The highest BCUT2D eigenvalue weighted by atomic mass is 16.2. The predicted molar refractivity (Wildman–Crippen MR) is 92.6 cm³/mol. The van der Waals surface area contributed by atoms with Crippen LogP contribution in [-0.2, 0) is 9.59 Å². The van der Waals surface area contributed by atoms with Gasteiger partial charge in [0.1, 0.15) is 6.04 Å². The van der Waals surface area contributed by atoms with Crippen molar-refractivity contribution in [3.8, 4) is 0 Å². The molecule has 3 N–H and O–H groups in total. The Labute approximate surface area is 150 Å². The number of anilines is 1. The van der Waals surface area contributed by atoms with Gasteiger partial charge in [-0.2, -0.15) is 0 Å². The molecule has 0 radical (unpaired) electrons. The minimum atomic E-state index is -0.930. The smallest absolute Gasteiger partial charge is 0.262 e. The van der Waals surface area contributed by atoms with Gasteiger partial charge in [-0.1, -0.05) is 0 Å². The third kappa shape index (κ3) is 2.86. The largest absolute Gasteiger partial charge is 0.385 e. The average Bonchev–Trinajstić information content (AvgIpc) is 3.22. The number of amides is 4. The SMILES string of the molecule is O=C1CCC(N2C(=O)c3ccc(NCC4CCNC4)cc3C2=O)C(=O)N1. The lowest BCUT2D eigenvalue weighted by Crippen LogP contribution is -2.54. The number of hydrogen-bond acceptors (Lipinski definition) is 6. The molecule has 4 amide bonds. The lowest BCUT2D eigenvalue weighted by molar-refractivity contribution is -0.136. The average molecular weight is 356 g/mol. The molecule has 1 aromatic rings. The molecule has 8 heteroatoms. The van der Waals surface area contributed by atoms with Crippen molar-refractivity contribution in [1.29, 1.82) is 0 Å². The lowest BCUT2D eigenvalue weighted by Gasteiger charge is -2.27. The number of benzene rings is 1. The second-order valence-corrected chi connectivity index (χ2v) is 6.95. The number of nitrogens with zero attached hydrogens (tertiary/aromatic N) is 1.